The van der Waals surface area contributed by atoms with Crippen LogP contribution in [-0.2, 0) is 4.79 Å². The molecule has 19 heavy (non-hydrogen) atoms. The maximum absolute atomic E-state index is 13.1. The van der Waals surface area contributed by atoms with Gasteiger partial charge in [-0.25, -0.2) is 14.0 Å². The third-order valence-electron chi connectivity index (χ3n) is 2.03. The summed E-state index contributed by atoms with van der Waals surface area (Å²) >= 11 is 11.0. The third kappa shape index (κ3) is 4.23. The lowest BCUT2D eigenvalue weighted by Crippen LogP contribution is -2.45. The molecule has 1 rings (SSSR count). The lowest BCUT2D eigenvalue weighted by Gasteiger charge is -2.13. The van der Waals surface area contributed by atoms with Crippen LogP contribution in [-0.4, -0.2) is 34.9 Å². The second-order valence-electron chi connectivity index (χ2n) is 3.43. The van der Waals surface area contributed by atoms with Crippen molar-refractivity contribution in [2.24, 2.45) is 0 Å². The number of rotatable bonds is 4. The number of aliphatic hydroxyl groups is 1. The van der Waals surface area contributed by atoms with Gasteiger partial charge in [-0.15, -0.1) is 0 Å². The third-order valence-corrected chi connectivity index (χ3v) is 2.58. The number of anilines is 1. The van der Waals surface area contributed by atoms with Gasteiger partial charge in [-0.1, -0.05) is 23.2 Å². The minimum absolute atomic E-state index is 0.0796. The van der Waals surface area contributed by atoms with Crippen molar-refractivity contribution in [1.29, 1.82) is 0 Å². The van der Waals surface area contributed by atoms with Gasteiger partial charge in [0.2, 0.25) is 0 Å². The van der Waals surface area contributed by atoms with Gasteiger partial charge in [-0.05, 0) is 12.1 Å². The maximum Gasteiger partial charge on any atom is 0.328 e. The minimum Gasteiger partial charge on any atom is -0.480 e. The van der Waals surface area contributed by atoms with E-state index in [0.717, 1.165) is 12.1 Å². The predicted molar refractivity (Wildman–Crippen MR) is 67.1 cm³/mol. The second-order valence-corrected chi connectivity index (χ2v) is 4.24. The smallest absolute Gasteiger partial charge is 0.328 e. The van der Waals surface area contributed by atoms with Crippen molar-refractivity contribution in [3.05, 3.63) is 28.0 Å². The number of halogens is 3. The zero-order valence-electron chi connectivity index (χ0n) is 9.28. The van der Waals surface area contributed by atoms with E-state index >= 15 is 0 Å². The molecule has 0 aliphatic carbocycles. The molecule has 6 nitrogen and oxygen atoms in total. The Morgan fingerprint density at radius 1 is 1.32 bits per heavy atom. The maximum atomic E-state index is 13.1. The predicted octanol–water partition coefficient (Wildman–Crippen LogP) is 1.70. The van der Waals surface area contributed by atoms with Crippen LogP contribution in [0.25, 0.3) is 0 Å². The monoisotopic (exact) mass is 310 g/mol. The van der Waals surface area contributed by atoms with Crippen molar-refractivity contribution in [2.45, 2.75) is 6.04 Å². The van der Waals surface area contributed by atoms with Crippen LogP contribution >= 0.6 is 23.2 Å². The molecule has 0 unspecified atom stereocenters. The molecule has 0 aliphatic rings. The summed E-state index contributed by atoms with van der Waals surface area (Å²) in [5.74, 6) is -2.22. The van der Waals surface area contributed by atoms with Crippen LogP contribution < -0.4 is 10.6 Å². The van der Waals surface area contributed by atoms with E-state index in [1.54, 1.807) is 0 Å². The Morgan fingerprint density at radius 3 is 2.26 bits per heavy atom. The molecule has 104 valence electrons. The standard InChI is InChI=1S/C10H9Cl2FN2O4/c11-5-1-4(2-6(12)8(5)13)14-10(19)15-7(3-16)9(17)18/h1-2,7,16H,3H2,(H,17,18)(H2,14,15,19)/t7-/m0/s1. The van der Waals surface area contributed by atoms with Crippen molar-refractivity contribution < 1.29 is 24.2 Å². The topological polar surface area (TPSA) is 98.7 Å². The van der Waals surface area contributed by atoms with Crippen molar-refractivity contribution >= 4 is 40.9 Å². The zero-order chi connectivity index (χ0) is 14.6. The average Bonchev–Trinajstić information content (AvgIpc) is 2.32. The molecule has 0 aliphatic heterocycles. The molecule has 1 aromatic carbocycles. The van der Waals surface area contributed by atoms with Gasteiger partial charge in [0.25, 0.3) is 0 Å². The largest absolute Gasteiger partial charge is 0.480 e. The molecule has 0 heterocycles. The van der Waals surface area contributed by atoms with Crippen LogP contribution in [0.2, 0.25) is 10.0 Å². The van der Waals surface area contributed by atoms with Gasteiger partial charge in [0.1, 0.15) is 0 Å². The first-order chi connectivity index (χ1) is 8.85. The Bertz CT molecular complexity index is 489. The average molecular weight is 311 g/mol. The van der Waals surface area contributed by atoms with Crippen LogP contribution in [0.1, 0.15) is 0 Å². The number of aliphatic hydroxyl groups excluding tert-OH is 1. The molecule has 0 aromatic heterocycles. The van der Waals surface area contributed by atoms with Gasteiger partial charge in [0.05, 0.1) is 16.7 Å². The molecular weight excluding hydrogens is 302 g/mol. The first-order valence-electron chi connectivity index (χ1n) is 4.91. The number of hydrogen-bond donors (Lipinski definition) is 4. The fourth-order valence-electron chi connectivity index (χ4n) is 1.14. The SMILES string of the molecule is O=C(Nc1cc(Cl)c(F)c(Cl)c1)N[C@@H](CO)C(=O)O. The summed E-state index contributed by atoms with van der Waals surface area (Å²) in [6, 6.07) is -0.139. The normalized spacial score (nSPS) is 11.8. The highest BCUT2D eigenvalue weighted by atomic mass is 35.5. The Labute approximate surface area is 117 Å². The second kappa shape index (κ2) is 6.55. The summed E-state index contributed by atoms with van der Waals surface area (Å²) in [5.41, 5.74) is 0.0796. The van der Waals surface area contributed by atoms with Crippen molar-refractivity contribution in [3.8, 4) is 0 Å². The van der Waals surface area contributed by atoms with Gasteiger partial charge in [0.15, 0.2) is 11.9 Å². The molecule has 0 radical (unpaired) electrons. The molecule has 9 heteroatoms. The van der Waals surface area contributed by atoms with Crippen LogP contribution in [0.4, 0.5) is 14.9 Å². The van der Waals surface area contributed by atoms with Gasteiger partial charge < -0.3 is 20.8 Å². The lowest BCUT2D eigenvalue weighted by atomic mass is 10.3. The number of nitrogens with one attached hydrogen (secondary N) is 2. The van der Waals surface area contributed by atoms with Gasteiger partial charge in [0, 0.05) is 5.69 Å². The molecule has 1 aromatic rings. The quantitative estimate of drug-likeness (QED) is 0.636. The highest BCUT2D eigenvalue weighted by Gasteiger charge is 2.19. The number of carboxylic acids is 1. The number of amides is 2. The molecule has 1 atom stereocenters. The number of carboxylic acid groups (broad SMARTS) is 1. The van der Waals surface area contributed by atoms with Crippen molar-refractivity contribution in [1.82, 2.24) is 5.32 Å². The number of aliphatic carboxylic acids is 1. The number of carbonyl (C=O) groups excluding carboxylic acids is 1. The zero-order valence-corrected chi connectivity index (χ0v) is 10.8. The Kier molecular flexibility index (Phi) is 5.34. The molecule has 0 spiro atoms. The first kappa shape index (κ1) is 15.5. The van der Waals surface area contributed by atoms with E-state index in [1.165, 1.54) is 0 Å². The number of hydrogen-bond acceptors (Lipinski definition) is 3. The number of benzene rings is 1. The van der Waals surface area contributed by atoms with Crippen LogP contribution in [0.15, 0.2) is 12.1 Å². The summed E-state index contributed by atoms with van der Waals surface area (Å²) in [5, 5.41) is 21.0. The van der Waals surface area contributed by atoms with Gasteiger partial charge in [-0.3, -0.25) is 0 Å². The Morgan fingerprint density at radius 2 is 1.84 bits per heavy atom. The van der Waals surface area contributed by atoms with Crippen LogP contribution in [0.5, 0.6) is 0 Å². The highest BCUT2D eigenvalue weighted by molar-refractivity contribution is 6.35. The molecular formula is C10H9Cl2FN2O4. The van der Waals surface area contributed by atoms with E-state index in [4.69, 9.17) is 33.4 Å². The van der Waals surface area contributed by atoms with E-state index in [9.17, 15) is 14.0 Å². The summed E-state index contributed by atoms with van der Waals surface area (Å²) in [6.45, 7) is -0.770. The molecule has 0 saturated heterocycles. The van der Waals surface area contributed by atoms with Crippen LogP contribution in [0, 0.1) is 5.82 Å². The minimum atomic E-state index is -1.45. The Balaban J connectivity index is 2.75. The highest BCUT2D eigenvalue weighted by Crippen LogP contribution is 2.27. The van der Waals surface area contributed by atoms with E-state index in [-0.39, 0.29) is 15.7 Å². The van der Waals surface area contributed by atoms with Gasteiger partial charge in [-0.2, -0.15) is 0 Å². The summed E-state index contributed by atoms with van der Waals surface area (Å²) < 4.78 is 13.1. The molecule has 0 bridgehead atoms. The number of carbonyl (C=O) groups is 2. The summed E-state index contributed by atoms with van der Waals surface area (Å²) in [7, 11) is 0. The number of urea groups is 1. The summed E-state index contributed by atoms with van der Waals surface area (Å²) in [6.07, 6.45) is 0. The van der Waals surface area contributed by atoms with Gasteiger partial charge >= 0.3 is 12.0 Å². The fraction of sp³-hybridized carbons (Fsp3) is 0.200. The fourth-order valence-corrected chi connectivity index (χ4v) is 1.63. The summed E-state index contributed by atoms with van der Waals surface area (Å²) in [4.78, 5) is 22.0. The molecule has 0 fully saturated rings. The van der Waals surface area contributed by atoms with E-state index < -0.39 is 30.5 Å². The molecule has 0 saturated carbocycles. The van der Waals surface area contributed by atoms with E-state index in [0.29, 0.717) is 0 Å². The van der Waals surface area contributed by atoms with E-state index in [1.807, 2.05) is 5.32 Å². The Hall–Kier alpha value is -1.57. The molecule has 2 amide bonds. The van der Waals surface area contributed by atoms with Crippen molar-refractivity contribution in [2.75, 3.05) is 11.9 Å². The molecule has 4 N–H and O–H groups in total. The lowest BCUT2D eigenvalue weighted by molar-refractivity contribution is -0.140. The van der Waals surface area contributed by atoms with Crippen LogP contribution in [0.3, 0.4) is 0 Å². The first-order valence-corrected chi connectivity index (χ1v) is 5.66. The van der Waals surface area contributed by atoms with Crippen molar-refractivity contribution in [3.63, 3.8) is 0 Å². The van der Waals surface area contributed by atoms with E-state index in [2.05, 4.69) is 5.32 Å².